The van der Waals surface area contributed by atoms with Gasteiger partial charge in [-0.05, 0) is 24.5 Å². The van der Waals surface area contributed by atoms with Crippen molar-refractivity contribution in [3.8, 4) is 0 Å². The molecule has 1 aliphatic heterocycles. The van der Waals surface area contributed by atoms with Crippen molar-refractivity contribution < 1.29 is 0 Å². The van der Waals surface area contributed by atoms with Gasteiger partial charge in [-0.3, -0.25) is 4.99 Å². The van der Waals surface area contributed by atoms with E-state index in [1.165, 1.54) is 38.5 Å². The van der Waals surface area contributed by atoms with Crippen LogP contribution < -0.4 is 10.2 Å². The number of hydrogen-bond donors (Lipinski definition) is 1. The van der Waals surface area contributed by atoms with E-state index in [0.29, 0.717) is 0 Å². The Bertz CT molecular complexity index is 508. The van der Waals surface area contributed by atoms with Crippen LogP contribution >= 0.6 is 24.0 Å². The number of aliphatic imine (C=N–C) groups is 1. The third kappa shape index (κ3) is 6.01. The van der Waals surface area contributed by atoms with Crippen molar-refractivity contribution in [2.45, 2.75) is 38.5 Å². The number of rotatable bonds is 4. The van der Waals surface area contributed by atoms with E-state index in [1.807, 2.05) is 19.3 Å². The highest BCUT2D eigenvalue weighted by Gasteiger charge is 2.20. The molecule has 2 aliphatic rings. The lowest BCUT2D eigenvalue weighted by Gasteiger charge is -2.37. The molecule has 0 bridgehead atoms. The van der Waals surface area contributed by atoms with E-state index in [9.17, 15) is 0 Å². The van der Waals surface area contributed by atoms with Crippen LogP contribution in [0.5, 0.6) is 0 Å². The predicted octanol–water partition coefficient (Wildman–Crippen LogP) is 3.37. The minimum absolute atomic E-state index is 0. The van der Waals surface area contributed by atoms with Gasteiger partial charge in [0.05, 0.1) is 0 Å². The van der Waals surface area contributed by atoms with Gasteiger partial charge in [0.15, 0.2) is 5.96 Å². The second kappa shape index (κ2) is 10.8. The number of guanidine groups is 1. The number of piperazine rings is 1. The molecule has 2 heterocycles. The maximum atomic E-state index is 4.49. The lowest BCUT2D eigenvalue weighted by molar-refractivity contribution is 0.332. The van der Waals surface area contributed by atoms with Crippen molar-refractivity contribution in [3.63, 3.8) is 0 Å². The average molecular weight is 457 g/mol. The topological polar surface area (TPSA) is 43.8 Å². The van der Waals surface area contributed by atoms with Crippen molar-refractivity contribution in [3.05, 3.63) is 24.4 Å². The number of hydrogen-bond acceptors (Lipinski definition) is 3. The summed E-state index contributed by atoms with van der Waals surface area (Å²) < 4.78 is 0. The SMILES string of the molecule is CN=C(NCCC1CCCCC1)N1CCN(c2ccccn2)CC1.I. The Morgan fingerprint density at radius 1 is 1.16 bits per heavy atom. The summed E-state index contributed by atoms with van der Waals surface area (Å²) in [5, 5.41) is 3.58. The van der Waals surface area contributed by atoms with Gasteiger partial charge >= 0.3 is 0 Å². The highest BCUT2D eigenvalue weighted by atomic mass is 127. The van der Waals surface area contributed by atoms with Crippen LogP contribution in [-0.2, 0) is 0 Å². The molecule has 0 atom stereocenters. The molecule has 1 aromatic rings. The quantitative estimate of drug-likeness (QED) is 0.428. The predicted molar refractivity (Wildman–Crippen MR) is 116 cm³/mol. The Morgan fingerprint density at radius 2 is 1.92 bits per heavy atom. The minimum atomic E-state index is 0. The molecule has 0 aromatic carbocycles. The van der Waals surface area contributed by atoms with E-state index in [0.717, 1.165) is 50.4 Å². The summed E-state index contributed by atoms with van der Waals surface area (Å²) in [5.41, 5.74) is 0. The van der Waals surface area contributed by atoms with Crippen LogP contribution in [0, 0.1) is 5.92 Å². The van der Waals surface area contributed by atoms with Gasteiger partial charge in [0.2, 0.25) is 0 Å². The maximum absolute atomic E-state index is 4.49. The van der Waals surface area contributed by atoms with E-state index in [2.05, 4.69) is 37.2 Å². The van der Waals surface area contributed by atoms with Gasteiger partial charge in [0.1, 0.15) is 5.82 Å². The van der Waals surface area contributed by atoms with Crippen LogP contribution in [0.3, 0.4) is 0 Å². The van der Waals surface area contributed by atoms with Crippen LogP contribution in [0.25, 0.3) is 0 Å². The van der Waals surface area contributed by atoms with Crippen LogP contribution in [0.15, 0.2) is 29.4 Å². The number of nitrogens with one attached hydrogen (secondary N) is 1. The van der Waals surface area contributed by atoms with Crippen molar-refractivity contribution in [1.29, 1.82) is 0 Å². The third-order valence-electron chi connectivity index (χ3n) is 5.32. The molecule has 1 N–H and O–H groups in total. The Morgan fingerprint density at radius 3 is 2.56 bits per heavy atom. The monoisotopic (exact) mass is 457 g/mol. The molecule has 0 spiro atoms. The Kier molecular flexibility index (Phi) is 8.78. The summed E-state index contributed by atoms with van der Waals surface area (Å²) in [6.45, 7) is 5.05. The van der Waals surface area contributed by atoms with Crippen LogP contribution in [0.2, 0.25) is 0 Å². The van der Waals surface area contributed by atoms with E-state index in [-0.39, 0.29) is 24.0 Å². The van der Waals surface area contributed by atoms with Gasteiger partial charge < -0.3 is 15.1 Å². The number of nitrogens with zero attached hydrogens (tertiary/aromatic N) is 4. The van der Waals surface area contributed by atoms with Crippen LogP contribution in [0.4, 0.5) is 5.82 Å². The standard InChI is InChI=1S/C19H31N5.HI/c1-20-19(22-12-10-17-7-3-2-4-8-17)24-15-13-23(14-16-24)18-9-5-6-11-21-18;/h5-6,9,11,17H,2-4,7-8,10,12-16H2,1H3,(H,20,22);1H. The largest absolute Gasteiger partial charge is 0.356 e. The van der Waals surface area contributed by atoms with E-state index in [1.54, 1.807) is 0 Å². The lowest BCUT2D eigenvalue weighted by atomic mass is 9.87. The molecular formula is C19H32IN5. The molecule has 1 aliphatic carbocycles. The summed E-state index contributed by atoms with van der Waals surface area (Å²) in [7, 11) is 1.90. The molecule has 140 valence electrons. The van der Waals surface area contributed by atoms with Crippen molar-refractivity contribution in [1.82, 2.24) is 15.2 Å². The van der Waals surface area contributed by atoms with Gasteiger partial charge in [-0.25, -0.2) is 4.98 Å². The fourth-order valence-corrected chi connectivity index (χ4v) is 3.88. The second-order valence-corrected chi connectivity index (χ2v) is 6.93. The van der Waals surface area contributed by atoms with Crippen molar-refractivity contribution in [2.75, 3.05) is 44.7 Å². The van der Waals surface area contributed by atoms with Crippen LogP contribution in [0.1, 0.15) is 38.5 Å². The first kappa shape index (κ1) is 20.3. The highest BCUT2D eigenvalue weighted by molar-refractivity contribution is 14.0. The first-order valence-corrected chi connectivity index (χ1v) is 9.48. The lowest BCUT2D eigenvalue weighted by Crippen LogP contribution is -2.53. The number of aromatic nitrogens is 1. The van der Waals surface area contributed by atoms with Crippen molar-refractivity contribution >= 4 is 35.8 Å². The first-order valence-electron chi connectivity index (χ1n) is 9.48. The second-order valence-electron chi connectivity index (χ2n) is 6.93. The van der Waals surface area contributed by atoms with E-state index in [4.69, 9.17) is 0 Å². The molecule has 0 amide bonds. The minimum Gasteiger partial charge on any atom is -0.356 e. The van der Waals surface area contributed by atoms with Gasteiger partial charge in [-0.1, -0.05) is 38.2 Å². The van der Waals surface area contributed by atoms with Gasteiger partial charge in [-0.2, -0.15) is 0 Å². The summed E-state index contributed by atoms with van der Waals surface area (Å²) in [5.74, 6) is 3.06. The smallest absolute Gasteiger partial charge is 0.193 e. The molecule has 25 heavy (non-hydrogen) atoms. The van der Waals surface area contributed by atoms with Gasteiger partial charge in [-0.15, -0.1) is 24.0 Å². The molecule has 0 unspecified atom stereocenters. The summed E-state index contributed by atoms with van der Waals surface area (Å²) in [4.78, 5) is 13.7. The molecule has 1 saturated carbocycles. The number of pyridine rings is 1. The average Bonchev–Trinajstić information content (AvgIpc) is 2.67. The molecule has 2 fully saturated rings. The fourth-order valence-electron chi connectivity index (χ4n) is 3.88. The zero-order chi connectivity index (χ0) is 16.6. The molecule has 1 aromatic heterocycles. The third-order valence-corrected chi connectivity index (χ3v) is 5.32. The summed E-state index contributed by atoms with van der Waals surface area (Å²) >= 11 is 0. The molecule has 1 saturated heterocycles. The maximum Gasteiger partial charge on any atom is 0.193 e. The number of halogens is 1. The Hall–Kier alpha value is -1.05. The molecule has 6 heteroatoms. The van der Waals surface area contributed by atoms with E-state index < -0.39 is 0 Å². The number of anilines is 1. The zero-order valence-electron chi connectivity index (χ0n) is 15.4. The Balaban J connectivity index is 0.00000225. The van der Waals surface area contributed by atoms with Crippen molar-refractivity contribution in [2.24, 2.45) is 10.9 Å². The van der Waals surface area contributed by atoms with Gasteiger partial charge in [0.25, 0.3) is 0 Å². The van der Waals surface area contributed by atoms with Gasteiger partial charge in [0, 0.05) is 46.0 Å². The summed E-state index contributed by atoms with van der Waals surface area (Å²) in [6.07, 6.45) is 10.3. The molecule has 0 radical (unpaired) electrons. The van der Waals surface area contributed by atoms with E-state index >= 15 is 0 Å². The Labute approximate surface area is 169 Å². The molecule has 5 nitrogen and oxygen atoms in total. The normalized spacial score (nSPS) is 19.5. The first-order chi connectivity index (χ1) is 11.9. The molecule has 3 rings (SSSR count). The fraction of sp³-hybridized carbons (Fsp3) is 0.684. The zero-order valence-corrected chi connectivity index (χ0v) is 17.7. The highest BCUT2D eigenvalue weighted by Crippen LogP contribution is 2.25. The summed E-state index contributed by atoms with van der Waals surface area (Å²) in [6, 6.07) is 6.12. The van der Waals surface area contributed by atoms with Crippen LogP contribution in [-0.4, -0.2) is 55.6 Å². The molecular weight excluding hydrogens is 425 g/mol.